The van der Waals surface area contributed by atoms with E-state index in [4.69, 9.17) is 0 Å². The molecule has 3 rings (SSSR count). The molecule has 0 aliphatic carbocycles. The van der Waals surface area contributed by atoms with Crippen molar-refractivity contribution < 1.29 is 14.4 Å². The van der Waals surface area contributed by atoms with E-state index in [1.807, 2.05) is 19.1 Å². The average molecular weight is 338 g/mol. The zero-order chi connectivity index (χ0) is 17.8. The van der Waals surface area contributed by atoms with Crippen molar-refractivity contribution in [1.82, 2.24) is 15.6 Å². The number of para-hydroxylation sites is 1. The summed E-state index contributed by atoms with van der Waals surface area (Å²) in [6.07, 6.45) is 1.61. The first-order valence-electron chi connectivity index (χ1n) is 8.00. The molecule has 0 fully saturated rings. The van der Waals surface area contributed by atoms with Crippen LogP contribution in [0.3, 0.4) is 0 Å². The molecule has 3 amide bonds. The molecule has 0 radical (unpaired) electrons. The van der Waals surface area contributed by atoms with E-state index >= 15 is 0 Å². The standard InChI is InChI=1S/C18H18N4O3/c1-2-22-14-9-4-3-8-13(14)15(18(22)25)21-17(24)16(23)20-11-12-7-5-6-10-19-12/h3-10,15H,2,11H2,1H3,(H,20,23)(H,21,24). The van der Waals surface area contributed by atoms with Crippen molar-refractivity contribution >= 4 is 23.4 Å². The highest BCUT2D eigenvalue weighted by Crippen LogP contribution is 2.35. The Morgan fingerprint density at radius 2 is 1.88 bits per heavy atom. The number of carbonyl (C=O) groups excluding carboxylic acids is 3. The Kier molecular flexibility index (Phi) is 4.74. The zero-order valence-electron chi connectivity index (χ0n) is 13.7. The first kappa shape index (κ1) is 16.6. The molecule has 1 aliphatic heterocycles. The van der Waals surface area contributed by atoms with Crippen LogP contribution in [-0.4, -0.2) is 29.3 Å². The number of hydrogen-bond acceptors (Lipinski definition) is 4. The molecule has 1 unspecified atom stereocenters. The molecule has 0 saturated heterocycles. The first-order chi connectivity index (χ1) is 12.1. The lowest BCUT2D eigenvalue weighted by Gasteiger charge is -2.15. The number of nitrogens with one attached hydrogen (secondary N) is 2. The van der Waals surface area contributed by atoms with Gasteiger partial charge in [-0.15, -0.1) is 0 Å². The molecule has 7 nitrogen and oxygen atoms in total. The highest BCUT2D eigenvalue weighted by atomic mass is 16.2. The van der Waals surface area contributed by atoms with Crippen LogP contribution in [-0.2, 0) is 20.9 Å². The number of rotatable bonds is 4. The Bertz CT molecular complexity index is 807. The quantitative estimate of drug-likeness (QED) is 0.811. The molecule has 1 aromatic heterocycles. The molecule has 0 spiro atoms. The monoisotopic (exact) mass is 338 g/mol. The minimum atomic E-state index is -0.845. The van der Waals surface area contributed by atoms with E-state index in [-0.39, 0.29) is 12.5 Å². The maximum Gasteiger partial charge on any atom is 0.310 e. The number of likely N-dealkylation sites (N-methyl/N-ethyl adjacent to an activating group) is 1. The lowest BCUT2D eigenvalue weighted by Crippen LogP contribution is -2.44. The smallest absolute Gasteiger partial charge is 0.310 e. The zero-order valence-corrected chi connectivity index (χ0v) is 13.7. The van der Waals surface area contributed by atoms with Gasteiger partial charge in [0.25, 0.3) is 5.91 Å². The van der Waals surface area contributed by atoms with Crippen LogP contribution < -0.4 is 15.5 Å². The van der Waals surface area contributed by atoms with Gasteiger partial charge < -0.3 is 15.5 Å². The number of aromatic nitrogens is 1. The summed E-state index contributed by atoms with van der Waals surface area (Å²) in [7, 11) is 0. The fourth-order valence-electron chi connectivity index (χ4n) is 2.80. The molecule has 25 heavy (non-hydrogen) atoms. The van der Waals surface area contributed by atoms with Crippen LogP contribution in [0.5, 0.6) is 0 Å². The fourth-order valence-corrected chi connectivity index (χ4v) is 2.80. The number of fused-ring (bicyclic) bond motifs is 1. The summed E-state index contributed by atoms with van der Waals surface area (Å²) >= 11 is 0. The fraction of sp³-hybridized carbons (Fsp3) is 0.222. The summed E-state index contributed by atoms with van der Waals surface area (Å²) in [5, 5.41) is 5.02. The Morgan fingerprint density at radius 3 is 2.60 bits per heavy atom. The second-order valence-corrected chi connectivity index (χ2v) is 5.55. The molecular weight excluding hydrogens is 320 g/mol. The number of anilines is 1. The highest BCUT2D eigenvalue weighted by Gasteiger charge is 2.37. The van der Waals surface area contributed by atoms with Crippen LogP contribution in [0.1, 0.15) is 24.2 Å². The van der Waals surface area contributed by atoms with Gasteiger partial charge in [-0.05, 0) is 25.1 Å². The van der Waals surface area contributed by atoms with Gasteiger partial charge in [-0.1, -0.05) is 24.3 Å². The van der Waals surface area contributed by atoms with E-state index in [1.165, 1.54) is 0 Å². The van der Waals surface area contributed by atoms with Gasteiger partial charge in [0.15, 0.2) is 0 Å². The molecule has 7 heteroatoms. The summed E-state index contributed by atoms with van der Waals surface area (Å²) in [5.74, 6) is -1.89. The summed E-state index contributed by atoms with van der Waals surface area (Å²) in [5.41, 5.74) is 2.09. The van der Waals surface area contributed by atoms with Crippen molar-refractivity contribution in [3.63, 3.8) is 0 Å². The molecule has 1 aromatic carbocycles. The normalized spacial score (nSPS) is 15.6. The topological polar surface area (TPSA) is 91.4 Å². The van der Waals surface area contributed by atoms with Gasteiger partial charge in [-0.2, -0.15) is 0 Å². The van der Waals surface area contributed by atoms with Gasteiger partial charge >= 0.3 is 11.8 Å². The number of hydrogen-bond donors (Lipinski definition) is 2. The second kappa shape index (κ2) is 7.12. The van der Waals surface area contributed by atoms with Crippen LogP contribution in [0.15, 0.2) is 48.7 Å². The van der Waals surface area contributed by atoms with Crippen LogP contribution in [0.2, 0.25) is 0 Å². The van der Waals surface area contributed by atoms with Crippen LogP contribution in [0.25, 0.3) is 0 Å². The second-order valence-electron chi connectivity index (χ2n) is 5.55. The van der Waals surface area contributed by atoms with Crippen LogP contribution in [0, 0.1) is 0 Å². The van der Waals surface area contributed by atoms with E-state index in [9.17, 15) is 14.4 Å². The summed E-state index contributed by atoms with van der Waals surface area (Å²) in [6.45, 7) is 2.50. The maximum absolute atomic E-state index is 12.5. The predicted molar refractivity (Wildman–Crippen MR) is 91.4 cm³/mol. The van der Waals surface area contributed by atoms with Crippen molar-refractivity contribution in [1.29, 1.82) is 0 Å². The third kappa shape index (κ3) is 3.35. The van der Waals surface area contributed by atoms with Crippen molar-refractivity contribution in [3.8, 4) is 0 Å². The molecular formula is C18H18N4O3. The van der Waals surface area contributed by atoms with Gasteiger partial charge in [-0.25, -0.2) is 0 Å². The Hall–Kier alpha value is -3.22. The van der Waals surface area contributed by atoms with Gasteiger partial charge in [0.1, 0.15) is 6.04 Å². The van der Waals surface area contributed by atoms with E-state index in [2.05, 4.69) is 15.6 Å². The molecule has 1 aliphatic rings. The highest BCUT2D eigenvalue weighted by molar-refractivity contribution is 6.35. The van der Waals surface area contributed by atoms with Gasteiger partial charge in [0.05, 0.1) is 12.2 Å². The maximum atomic E-state index is 12.5. The molecule has 2 aromatic rings. The van der Waals surface area contributed by atoms with E-state index in [0.29, 0.717) is 17.8 Å². The molecule has 1 atom stereocenters. The number of pyridine rings is 1. The van der Waals surface area contributed by atoms with Gasteiger partial charge in [0, 0.05) is 24.0 Å². The Labute approximate surface area is 145 Å². The Balaban J connectivity index is 1.66. The minimum absolute atomic E-state index is 0.142. The molecule has 128 valence electrons. The third-order valence-electron chi connectivity index (χ3n) is 4.01. The van der Waals surface area contributed by atoms with E-state index in [0.717, 1.165) is 5.69 Å². The average Bonchev–Trinajstić information content (AvgIpc) is 2.91. The largest absolute Gasteiger partial charge is 0.342 e. The van der Waals surface area contributed by atoms with Crippen LogP contribution in [0.4, 0.5) is 5.69 Å². The lowest BCUT2D eigenvalue weighted by molar-refractivity contribution is -0.140. The van der Waals surface area contributed by atoms with E-state index in [1.54, 1.807) is 41.4 Å². The number of amides is 3. The van der Waals surface area contributed by atoms with Crippen molar-refractivity contribution in [2.24, 2.45) is 0 Å². The number of carbonyl (C=O) groups is 3. The van der Waals surface area contributed by atoms with E-state index < -0.39 is 17.9 Å². The summed E-state index contributed by atoms with van der Waals surface area (Å²) in [6, 6.07) is 11.7. The Morgan fingerprint density at radius 1 is 1.12 bits per heavy atom. The molecule has 2 heterocycles. The van der Waals surface area contributed by atoms with Crippen molar-refractivity contribution in [2.75, 3.05) is 11.4 Å². The predicted octanol–water partition coefficient (Wildman–Crippen LogP) is 0.922. The summed E-state index contributed by atoms with van der Waals surface area (Å²) < 4.78 is 0. The van der Waals surface area contributed by atoms with Gasteiger partial charge in [-0.3, -0.25) is 19.4 Å². The van der Waals surface area contributed by atoms with Gasteiger partial charge in [0.2, 0.25) is 0 Å². The third-order valence-corrected chi connectivity index (χ3v) is 4.01. The summed E-state index contributed by atoms with van der Waals surface area (Å²) in [4.78, 5) is 42.3. The molecule has 2 N–H and O–H groups in total. The van der Waals surface area contributed by atoms with Crippen molar-refractivity contribution in [3.05, 3.63) is 59.9 Å². The van der Waals surface area contributed by atoms with Crippen LogP contribution >= 0.6 is 0 Å². The number of benzene rings is 1. The first-order valence-corrected chi connectivity index (χ1v) is 8.00. The minimum Gasteiger partial charge on any atom is -0.342 e. The molecule has 0 saturated carbocycles. The SMILES string of the molecule is CCN1C(=O)C(NC(=O)C(=O)NCc2ccccn2)c2ccccc21. The lowest BCUT2D eigenvalue weighted by atomic mass is 10.1. The van der Waals surface area contributed by atoms with Crippen molar-refractivity contribution in [2.45, 2.75) is 19.5 Å². The number of nitrogens with zero attached hydrogens (tertiary/aromatic N) is 2. The molecule has 0 bridgehead atoms.